The number of rotatable bonds is 3. The Bertz CT molecular complexity index is 1180. The smallest absolute Gasteiger partial charge is 0.254 e. The fraction of sp³-hybridized carbons (Fsp3) is 0.217. The first-order chi connectivity index (χ1) is 14.7. The summed E-state index contributed by atoms with van der Waals surface area (Å²) in [6.07, 6.45) is 3.13. The number of piperazine rings is 1. The lowest BCUT2D eigenvalue weighted by Gasteiger charge is -2.40. The van der Waals surface area contributed by atoms with Crippen LogP contribution in [0, 0.1) is 0 Å². The number of nitrogens with zero attached hydrogens (tertiary/aromatic N) is 5. The van der Waals surface area contributed by atoms with E-state index in [0.717, 1.165) is 22.2 Å². The van der Waals surface area contributed by atoms with Crippen LogP contribution < -0.4 is 4.90 Å². The summed E-state index contributed by atoms with van der Waals surface area (Å²) in [5.74, 6) is 1.34. The molecule has 3 heterocycles. The van der Waals surface area contributed by atoms with Crippen molar-refractivity contribution in [3.63, 3.8) is 0 Å². The monoisotopic (exact) mass is 399 g/mol. The van der Waals surface area contributed by atoms with Crippen molar-refractivity contribution in [2.75, 3.05) is 24.5 Å². The van der Waals surface area contributed by atoms with Crippen LogP contribution in [0.1, 0.15) is 17.3 Å². The molecule has 0 unspecified atom stereocenters. The van der Waals surface area contributed by atoms with Crippen LogP contribution in [-0.2, 0) is 0 Å². The van der Waals surface area contributed by atoms with Gasteiger partial charge in [0.1, 0.15) is 6.26 Å². The highest BCUT2D eigenvalue weighted by molar-refractivity contribution is 5.99. The van der Waals surface area contributed by atoms with E-state index in [1.807, 2.05) is 59.5 Å². The lowest BCUT2D eigenvalue weighted by molar-refractivity contribution is 0.0674. The maximum Gasteiger partial charge on any atom is 0.254 e. The lowest BCUT2D eigenvalue weighted by atomic mass is 10.1. The van der Waals surface area contributed by atoms with Crippen LogP contribution in [0.15, 0.2) is 71.5 Å². The minimum absolute atomic E-state index is 0.0541. The summed E-state index contributed by atoms with van der Waals surface area (Å²) in [6, 6.07) is 17.5. The maximum atomic E-state index is 12.9. The number of aromatic nitrogens is 3. The summed E-state index contributed by atoms with van der Waals surface area (Å²) in [7, 11) is 0. The first kappa shape index (κ1) is 18.3. The summed E-state index contributed by atoms with van der Waals surface area (Å²) in [4.78, 5) is 21.3. The van der Waals surface area contributed by atoms with Gasteiger partial charge in [-0.2, -0.15) is 0 Å². The van der Waals surface area contributed by atoms with Crippen LogP contribution in [0.4, 0.5) is 5.82 Å². The van der Waals surface area contributed by atoms with Crippen molar-refractivity contribution in [3.8, 4) is 11.6 Å². The molecule has 150 valence electrons. The van der Waals surface area contributed by atoms with Crippen molar-refractivity contribution in [1.82, 2.24) is 20.1 Å². The molecule has 7 heteroatoms. The number of amides is 1. The van der Waals surface area contributed by atoms with E-state index in [4.69, 9.17) is 4.42 Å². The molecule has 5 rings (SSSR count). The van der Waals surface area contributed by atoms with Gasteiger partial charge in [0.2, 0.25) is 5.89 Å². The zero-order valence-electron chi connectivity index (χ0n) is 16.6. The van der Waals surface area contributed by atoms with E-state index in [2.05, 4.69) is 27.0 Å². The molecule has 1 fully saturated rings. The predicted molar refractivity (Wildman–Crippen MR) is 114 cm³/mol. The highest BCUT2D eigenvalue weighted by Gasteiger charge is 2.30. The average Bonchev–Trinajstić information content (AvgIpc) is 3.33. The third kappa shape index (κ3) is 3.18. The Hall–Kier alpha value is -3.74. The number of hydrogen-bond acceptors (Lipinski definition) is 6. The van der Waals surface area contributed by atoms with E-state index in [0.29, 0.717) is 31.2 Å². The number of oxazole rings is 1. The van der Waals surface area contributed by atoms with E-state index in [1.165, 1.54) is 6.26 Å². The van der Waals surface area contributed by atoms with Crippen molar-refractivity contribution in [3.05, 3.63) is 72.6 Å². The van der Waals surface area contributed by atoms with Crippen LogP contribution in [-0.4, -0.2) is 51.7 Å². The standard InChI is InChI=1S/C23H21N5O2/c1-16-15-27(12-13-28(16)23(29)17-7-3-2-4-8-17)21-19-10-6-5-9-18(19)20(25-26-21)22-24-11-14-30-22/h2-11,14,16H,12-13,15H2,1H3/t16-/m0/s1. The number of carbonyl (C=O) groups is 1. The summed E-state index contributed by atoms with van der Waals surface area (Å²) in [5.41, 5.74) is 1.35. The van der Waals surface area contributed by atoms with Crippen molar-refractivity contribution in [2.24, 2.45) is 0 Å². The zero-order valence-corrected chi connectivity index (χ0v) is 16.6. The fourth-order valence-electron chi connectivity index (χ4n) is 4.02. The topological polar surface area (TPSA) is 75.4 Å². The molecular formula is C23H21N5O2. The Morgan fingerprint density at radius 2 is 1.77 bits per heavy atom. The van der Waals surface area contributed by atoms with Crippen LogP contribution in [0.5, 0.6) is 0 Å². The summed E-state index contributed by atoms with van der Waals surface area (Å²) in [5, 5.41) is 10.9. The number of anilines is 1. The molecule has 4 aromatic rings. The quantitative estimate of drug-likeness (QED) is 0.524. The SMILES string of the molecule is C[C@H]1CN(c2nnc(-c3ncco3)c3ccccc23)CCN1C(=O)c1ccccc1. The van der Waals surface area contributed by atoms with Gasteiger partial charge in [-0.05, 0) is 19.1 Å². The second-order valence-electron chi connectivity index (χ2n) is 7.41. The van der Waals surface area contributed by atoms with E-state index in [1.54, 1.807) is 6.20 Å². The molecule has 30 heavy (non-hydrogen) atoms. The molecule has 2 aromatic carbocycles. The van der Waals surface area contributed by atoms with Crippen LogP contribution in [0.25, 0.3) is 22.4 Å². The van der Waals surface area contributed by atoms with Gasteiger partial charge in [-0.25, -0.2) is 4.98 Å². The van der Waals surface area contributed by atoms with Gasteiger partial charge in [-0.15, -0.1) is 10.2 Å². The molecule has 0 N–H and O–H groups in total. The minimum atomic E-state index is 0.0541. The zero-order chi connectivity index (χ0) is 20.5. The van der Waals surface area contributed by atoms with Gasteiger partial charge in [0.05, 0.1) is 6.20 Å². The van der Waals surface area contributed by atoms with Crippen LogP contribution in [0.3, 0.4) is 0 Å². The minimum Gasteiger partial charge on any atom is -0.443 e. The summed E-state index contributed by atoms with van der Waals surface area (Å²) < 4.78 is 5.44. The molecule has 0 aliphatic carbocycles. The molecule has 1 saturated heterocycles. The largest absolute Gasteiger partial charge is 0.443 e. The van der Waals surface area contributed by atoms with Crippen molar-refractivity contribution in [1.29, 1.82) is 0 Å². The molecular weight excluding hydrogens is 378 g/mol. The number of carbonyl (C=O) groups excluding carboxylic acids is 1. The van der Waals surface area contributed by atoms with E-state index >= 15 is 0 Å². The lowest BCUT2D eigenvalue weighted by Crippen LogP contribution is -2.54. The average molecular weight is 399 g/mol. The van der Waals surface area contributed by atoms with E-state index in [-0.39, 0.29) is 11.9 Å². The Morgan fingerprint density at radius 1 is 1.00 bits per heavy atom. The third-order valence-electron chi connectivity index (χ3n) is 5.51. The Labute approximate surface area is 174 Å². The van der Waals surface area contributed by atoms with Crippen molar-refractivity contribution >= 4 is 22.5 Å². The van der Waals surface area contributed by atoms with Gasteiger partial charge >= 0.3 is 0 Å². The van der Waals surface area contributed by atoms with E-state index in [9.17, 15) is 4.79 Å². The first-order valence-corrected chi connectivity index (χ1v) is 9.98. The van der Waals surface area contributed by atoms with E-state index < -0.39 is 0 Å². The highest BCUT2D eigenvalue weighted by Crippen LogP contribution is 2.31. The van der Waals surface area contributed by atoms with Crippen LogP contribution >= 0.6 is 0 Å². The molecule has 0 spiro atoms. The number of fused-ring (bicyclic) bond motifs is 1. The molecule has 2 aromatic heterocycles. The molecule has 0 bridgehead atoms. The molecule has 0 saturated carbocycles. The Balaban J connectivity index is 1.44. The maximum absolute atomic E-state index is 12.9. The van der Waals surface area contributed by atoms with Gasteiger partial charge in [0.15, 0.2) is 11.5 Å². The normalized spacial score (nSPS) is 16.8. The molecule has 1 aliphatic rings. The van der Waals surface area contributed by atoms with Gasteiger partial charge in [0, 0.05) is 42.0 Å². The molecule has 7 nitrogen and oxygen atoms in total. The number of benzene rings is 2. The molecule has 1 atom stereocenters. The van der Waals surface area contributed by atoms with Crippen molar-refractivity contribution < 1.29 is 9.21 Å². The molecule has 1 amide bonds. The Morgan fingerprint density at radius 3 is 2.50 bits per heavy atom. The second kappa shape index (κ2) is 7.59. The summed E-state index contributed by atoms with van der Waals surface area (Å²) >= 11 is 0. The highest BCUT2D eigenvalue weighted by atomic mass is 16.3. The van der Waals surface area contributed by atoms with Gasteiger partial charge in [-0.1, -0.05) is 42.5 Å². The Kier molecular flexibility index (Phi) is 4.63. The second-order valence-corrected chi connectivity index (χ2v) is 7.41. The molecule has 1 aliphatic heterocycles. The summed E-state index contributed by atoms with van der Waals surface area (Å²) in [6.45, 7) is 4.09. The fourth-order valence-corrected chi connectivity index (χ4v) is 4.02. The van der Waals surface area contributed by atoms with Gasteiger partial charge in [0.25, 0.3) is 5.91 Å². The third-order valence-corrected chi connectivity index (χ3v) is 5.51. The van der Waals surface area contributed by atoms with Crippen LogP contribution in [0.2, 0.25) is 0 Å². The van der Waals surface area contributed by atoms with Gasteiger partial charge < -0.3 is 14.2 Å². The van der Waals surface area contributed by atoms with Crippen molar-refractivity contribution in [2.45, 2.75) is 13.0 Å². The number of hydrogen-bond donors (Lipinski definition) is 0. The predicted octanol–water partition coefficient (Wildman–Crippen LogP) is 3.64. The van der Waals surface area contributed by atoms with Gasteiger partial charge in [-0.3, -0.25) is 4.79 Å². The first-order valence-electron chi connectivity index (χ1n) is 9.98. The molecule has 0 radical (unpaired) electrons.